The molecule has 0 aliphatic heterocycles. The molecule has 0 heterocycles. The summed E-state index contributed by atoms with van der Waals surface area (Å²) in [5.41, 5.74) is 2.15. The third-order valence-corrected chi connectivity index (χ3v) is 4.19. The van der Waals surface area contributed by atoms with Gasteiger partial charge in [-0.2, -0.15) is 0 Å². The van der Waals surface area contributed by atoms with E-state index in [-0.39, 0.29) is 17.5 Å². The van der Waals surface area contributed by atoms with Crippen molar-refractivity contribution in [1.82, 2.24) is 5.32 Å². The molecule has 0 saturated carbocycles. The Hall–Kier alpha value is -2.01. The summed E-state index contributed by atoms with van der Waals surface area (Å²) >= 11 is 1.20. The first-order valence-corrected chi connectivity index (χ1v) is 7.95. The summed E-state index contributed by atoms with van der Waals surface area (Å²) in [5, 5.41) is 2.84. The Morgan fingerprint density at radius 2 is 1.82 bits per heavy atom. The number of amides is 1. The average Bonchev–Trinajstić information content (AvgIpc) is 2.52. The van der Waals surface area contributed by atoms with Crippen LogP contribution in [-0.2, 0) is 11.3 Å². The van der Waals surface area contributed by atoms with Gasteiger partial charge in [-0.15, -0.1) is 11.8 Å². The second kappa shape index (κ2) is 7.84. The number of hydrogen-bond acceptors (Lipinski definition) is 3. The molecule has 1 N–H and O–H groups in total. The van der Waals surface area contributed by atoms with Crippen molar-refractivity contribution in [2.75, 3.05) is 24.7 Å². The molecule has 0 saturated heterocycles. The molecule has 0 fully saturated rings. The van der Waals surface area contributed by atoms with Gasteiger partial charge in [-0.1, -0.05) is 24.3 Å². The van der Waals surface area contributed by atoms with Gasteiger partial charge in [0.1, 0.15) is 5.82 Å². The van der Waals surface area contributed by atoms with Gasteiger partial charge in [-0.3, -0.25) is 4.79 Å². The van der Waals surface area contributed by atoms with Crippen LogP contribution in [0.2, 0.25) is 0 Å². The molecule has 3 nitrogen and oxygen atoms in total. The Morgan fingerprint density at radius 3 is 2.45 bits per heavy atom. The highest BCUT2D eigenvalue weighted by Crippen LogP contribution is 2.20. The summed E-state index contributed by atoms with van der Waals surface area (Å²) < 4.78 is 13.4. The van der Waals surface area contributed by atoms with Gasteiger partial charge in [0, 0.05) is 31.2 Å². The van der Waals surface area contributed by atoms with Crippen molar-refractivity contribution in [1.29, 1.82) is 0 Å². The van der Waals surface area contributed by atoms with Gasteiger partial charge in [0.25, 0.3) is 0 Å². The third kappa shape index (κ3) is 4.77. The Balaban J connectivity index is 1.79. The maximum atomic E-state index is 13.4. The minimum Gasteiger partial charge on any atom is -0.378 e. The number of benzene rings is 2. The number of rotatable bonds is 6. The van der Waals surface area contributed by atoms with Crippen LogP contribution in [0.15, 0.2) is 53.4 Å². The first kappa shape index (κ1) is 16.4. The predicted octanol–water partition coefficient (Wildman–Crippen LogP) is 3.30. The lowest BCUT2D eigenvalue weighted by Gasteiger charge is -2.13. The van der Waals surface area contributed by atoms with E-state index in [0.717, 1.165) is 11.3 Å². The Kier molecular flexibility index (Phi) is 5.83. The van der Waals surface area contributed by atoms with E-state index in [4.69, 9.17) is 0 Å². The minimum absolute atomic E-state index is 0.107. The van der Waals surface area contributed by atoms with E-state index in [1.807, 2.05) is 43.3 Å². The van der Waals surface area contributed by atoms with Crippen LogP contribution in [0.4, 0.5) is 10.1 Å². The first-order valence-electron chi connectivity index (χ1n) is 6.96. The Labute approximate surface area is 134 Å². The van der Waals surface area contributed by atoms with Gasteiger partial charge in [0.05, 0.1) is 5.75 Å². The third-order valence-electron chi connectivity index (χ3n) is 3.14. The molecule has 0 aromatic heterocycles. The summed E-state index contributed by atoms with van der Waals surface area (Å²) in [6.45, 7) is 0.477. The van der Waals surface area contributed by atoms with E-state index in [9.17, 15) is 9.18 Å². The molecular formula is C17H19FN2OS. The number of nitrogens with one attached hydrogen (secondary N) is 1. The maximum Gasteiger partial charge on any atom is 0.230 e. The number of carbonyl (C=O) groups is 1. The van der Waals surface area contributed by atoms with E-state index in [1.165, 1.54) is 17.8 Å². The standard InChI is InChI=1S/C17H19FN2OS/c1-20(2)14-9-7-13(8-10-14)11-19-17(21)12-22-16-6-4-3-5-15(16)18/h3-10H,11-12H2,1-2H3,(H,19,21). The molecule has 0 aliphatic carbocycles. The van der Waals surface area contributed by atoms with Crippen LogP contribution in [0.5, 0.6) is 0 Å². The summed E-state index contributed by atoms with van der Waals surface area (Å²) in [6, 6.07) is 14.5. The highest BCUT2D eigenvalue weighted by Gasteiger charge is 2.06. The van der Waals surface area contributed by atoms with Crippen LogP contribution in [0.25, 0.3) is 0 Å². The lowest BCUT2D eigenvalue weighted by Crippen LogP contribution is -2.24. The quantitative estimate of drug-likeness (QED) is 0.830. The molecule has 0 aliphatic rings. The largest absolute Gasteiger partial charge is 0.378 e. The summed E-state index contributed by atoms with van der Waals surface area (Å²) in [5.74, 6) is -0.194. The number of halogens is 1. The molecule has 0 radical (unpaired) electrons. The molecule has 0 spiro atoms. The zero-order valence-electron chi connectivity index (χ0n) is 12.7. The SMILES string of the molecule is CN(C)c1ccc(CNC(=O)CSc2ccccc2F)cc1. The van der Waals surface area contributed by atoms with Crippen molar-refractivity contribution < 1.29 is 9.18 Å². The number of anilines is 1. The topological polar surface area (TPSA) is 32.3 Å². The number of carbonyl (C=O) groups excluding carboxylic acids is 1. The van der Waals surface area contributed by atoms with Crippen LogP contribution in [0, 0.1) is 5.82 Å². The van der Waals surface area contributed by atoms with Crippen molar-refractivity contribution in [2.24, 2.45) is 0 Å². The molecule has 2 aromatic carbocycles. The first-order chi connectivity index (χ1) is 10.6. The molecule has 0 atom stereocenters. The van der Waals surface area contributed by atoms with Crippen LogP contribution < -0.4 is 10.2 Å². The van der Waals surface area contributed by atoms with Crippen molar-refractivity contribution >= 4 is 23.4 Å². The van der Waals surface area contributed by atoms with Gasteiger partial charge in [-0.05, 0) is 29.8 Å². The van der Waals surface area contributed by atoms with Crippen molar-refractivity contribution in [3.63, 3.8) is 0 Å². The zero-order chi connectivity index (χ0) is 15.9. The summed E-state index contributed by atoms with van der Waals surface area (Å²) in [4.78, 5) is 14.3. The van der Waals surface area contributed by atoms with Crippen LogP contribution in [-0.4, -0.2) is 25.8 Å². The average molecular weight is 318 g/mol. The lowest BCUT2D eigenvalue weighted by molar-refractivity contribution is -0.118. The highest BCUT2D eigenvalue weighted by atomic mass is 32.2. The van der Waals surface area contributed by atoms with E-state index < -0.39 is 0 Å². The Morgan fingerprint density at radius 1 is 1.14 bits per heavy atom. The summed E-state index contributed by atoms with van der Waals surface area (Å²) in [6.07, 6.45) is 0. The molecule has 1 amide bonds. The van der Waals surface area contributed by atoms with Crippen molar-refractivity contribution in [3.05, 3.63) is 59.9 Å². The number of hydrogen-bond donors (Lipinski definition) is 1. The number of thioether (sulfide) groups is 1. The maximum absolute atomic E-state index is 13.4. The summed E-state index contributed by atoms with van der Waals surface area (Å²) in [7, 11) is 3.97. The van der Waals surface area contributed by atoms with Gasteiger partial charge >= 0.3 is 0 Å². The molecule has 5 heteroatoms. The van der Waals surface area contributed by atoms with Gasteiger partial charge in [0.2, 0.25) is 5.91 Å². The smallest absolute Gasteiger partial charge is 0.230 e. The molecule has 0 unspecified atom stereocenters. The van der Waals surface area contributed by atoms with Crippen LogP contribution in [0.3, 0.4) is 0 Å². The fraction of sp³-hybridized carbons (Fsp3) is 0.235. The molecule has 2 rings (SSSR count). The lowest BCUT2D eigenvalue weighted by atomic mass is 10.2. The van der Waals surface area contributed by atoms with Crippen LogP contribution in [0.1, 0.15) is 5.56 Å². The molecule has 116 valence electrons. The minimum atomic E-state index is -0.292. The van der Waals surface area contributed by atoms with E-state index in [0.29, 0.717) is 11.4 Å². The van der Waals surface area contributed by atoms with E-state index in [2.05, 4.69) is 5.32 Å². The van der Waals surface area contributed by atoms with Crippen LogP contribution >= 0.6 is 11.8 Å². The fourth-order valence-electron chi connectivity index (χ4n) is 1.87. The zero-order valence-corrected chi connectivity index (χ0v) is 13.5. The molecule has 0 bridgehead atoms. The Bertz CT molecular complexity index is 629. The predicted molar refractivity (Wildman–Crippen MR) is 89.7 cm³/mol. The number of nitrogens with zero attached hydrogens (tertiary/aromatic N) is 1. The monoisotopic (exact) mass is 318 g/mol. The van der Waals surface area contributed by atoms with Gasteiger partial charge in [-0.25, -0.2) is 4.39 Å². The molecule has 22 heavy (non-hydrogen) atoms. The highest BCUT2D eigenvalue weighted by molar-refractivity contribution is 8.00. The van der Waals surface area contributed by atoms with Gasteiger partial charge < -0.3 is 10.2 Å². The second-order valence-corrected chi connectivity index (χ2v) is 6.07. The van der Waals surface area contributed by atoms with Crippen molar-refractivity contribution in [3.8, 4) is 0 Å². The second-order valence-electron chi connectivity index (χ2n) is 5.06. The fourth-order valence-corrected chi connectivity index (χ4v) is 2.64. The van der Waals surface area contributed by atoms with E-state index >= 15 is 0 Å². The van der Waals surface area contributed by atoms with Crippen molar-refractivity contribution in [2.45, 2.75) is 11.4 Å². The molecular weight excluding hydrogens is 299 g/mol. The van der Waals surface area contributed by atoms with Gasteiger partial charge in [0.15, 0.2) is 0 Å². The van der Waals surface area contributed by atoms with E-state index in [1.54, 1.807) is 18.2 Å². The normalized spacial score (nSPS) is 10.3. The molecule has 2 aromatic rings.